The summed E-state index contributed by atoms with van der Waals surface area (Å²) in [6.07, 6.45) is 0.461. The largest absolute Gasteiger partial charge is 0.493 e. The number of nitrogens with one attached hydrogen (secondary N) is 1. The second-order valence-corrected chi connectivity index (χ2v) is 11.0. The van der Waals surface area contributed by atoms with Crippen molar-refractivity contribution in [1.82, 2.24) is 5.32 Å². The van der Waals surface area contributed by atoms with Crippen LogP contribution in [0.3, 0.4) is 0 Å². The average molecular weight is 529 g/mol. The molecule has 0 bridgehead atoms. The van der Waals surface area contributed by atoms with E-state index in [0.717, 1.165) is 0 Å². The minimum atomic E-state index is -4.51. The molecule has 0 aliphatic carbocycles. The zero-order valence-corrected chi connectivity index (χ0v) is 20.7. The number of rotatable bonds is 11. The van der Waals surface area contributed by atoms with E-state index in [4.69, 9.17) is 30.0 Å². The summed E-state index contributed by atoms with van der Waals surface area (Å²) in [7, 11) is -8.63. The topological polar surface area (TPSA) is 182 Å². The summed E-state index contributed by atoms with van der Waals surface area (Å²) in [6.45, 7) is 2.84. The van der Waals surface area contributed by atoms with Gasteiger partial charge in [0.1, 0.15) is 23.0 Å². The van der Waals surface area contributed by atoms with Crippen molar-refractivity contribution >= 4 is 25.9 Å². The summed E-state index contributed by atoms with van der Waals surface area (Å²) in [5.74, 6) is 0.203. The monoisotopic (exact) mass is 528 g/mol. The Hall–Kier alpha value is -3.07. The highest BCUT2D eigenvalue weighted by molar-refractivity contribution is 7.93. The van der Waals surface area contributed by atoms with Crippen LogP contribution < -0.4 is 25.7 Å². The highest BCUT2D eigenvalue weighted by Crippen LogP contribution is 2.32. The fourth-order valence-corrected chi connectivity index (χ4v) is 6.44. The number of hydrogen-bond acceptors (Lipinski definition) is 10. The third-order valence-electron chi connectivity index (χ3n) is 4.91. The predicted octanol–water partition coefficient (Wildman–Crippen LogP) is 0.456. The smallest absolute Gasteiger partial charge is 0.340 e. The van der Waals surface area contributed by atoms with Crippen molar-refractivity contribution in [3.8, 4) is 11.5 Å². The number of nitrogens with two attached hydrogens (primary N) is 2. The molecule has 192 valence electrons. The van der Waals surface area contributed by atoms with E-state index in [9.17, 15) is 16.8 Å². The van der Waals surface area contributed by atoms with Gasteiger partial charge in [0.25, 0.3) is 0 Å². The van der Waals surface area contributed by atoms with E-state index in [1.807, 2.05) is 0 Å². The molecule has 0 spiro atoms. The van der Waals surface area contributed by atoms with Gasteiger partial charge < -0.3 is 35.3 Å². The molecule has 0 saturated carbocycles. The lowest BCUT2D eigenvalue weighted by Gasteiger charge is -2.24. The average Bonchev–Trinajstić information content (AvgIpc) is 2.83. The molecule has 3 rings (SSSR count). The summed E-state index contributed by atoms with van der Waals surface area (Å²) in [5.41, 5.74) is 9.54. The van der Waals surface area contributed by atoms with Crippen molar-refractivity contribution in [2.45, 2.75) is 28.6 Å². The molecule has 35 heavy (non-hydrogen) atoms. The van der Waals surface area contributed by atoms with Crippen molar-refractivity contribution in [3.05, 3.63) is 48.0 Å². The lowest BCUT2D eigenvalue weighted by Crippen LogP contribution is -2.43. The lowest BCUT2D eigenvalue weighted by atomic mass is 10.2. The number of sulfone groups is 1. The van der Waals surface area contributed by atoms with E-state index >= 15 is 0 Å². The van der Waals surface area contributed by atoms with Gasteiger partial charge in [-0.15, -0.1) is 0 Å². The quantitative estimate of drug-likeness (QED) is 0.121. The molecule has 1 unspecified atom stereocenters. The summed E-state index contributed by atoms with van der Waals surface area (Å²) in [5, 5.41) is 6.33. The van der Waals surface area contributed by atoms with Crippen LogP contribution in [0.5, 0.6) is 11.5 Å². The van der Waals surface area contributed by atoms with Crippen LogP contribution in [0.15, 0.2) is 57.4 Å². The third-order valence-corrected chi connectivity index (χ3v) is 8.29. The first-order chi connectivity index (χ1) is 16.6. The molecule has 0 aromatic heterocycles. The van der Waals surface area contributed by atoms with E-state index in [2.05, 4.69) is 10.5 Å². The van der Waals surface area contributed by atoms with Crippen LogP contribution >= 0.6 is 0 Å². The van der Waals surface area contributed by atoms with Crippen molar-refractivity contribution < 1.29 is 35.3 Å². The molecule has 1 heterocycles. The molecule has 1 fully saturated rings. The minimum absolute atomic E-state index is 0.00189. The van der Waals surface area contributed by atoms with E-state index in [-0.39, 0.29) is 43.0 Å². The zero-order chi connectivity index (χ0) is 25.5. The normalized spacial score (nSPS) is 16.3. The van der Waals surface area contributed by atoms with Crippen LogP contribution in [0.4, 0.5) is 0 Å². The molecule has 0 amide bonds. The van der Waals surface area contributed by atoms with Gasteiger partial charge in [-0.05, 0) is 36.3 Å². The summed E-state index contributed by atoms with van der Waals surface area (Å²) >= 11 is 0. The molecule has 1 saturated heterocycles. The molecule has 5 N–H and O–H groups in total. The highest BCUT2D eigenvalue weighted by atomic mass is 32.2. The molecular weight excluding hydrogens is 500 g/mol. The zero-order valence-electron chi connectivity index (χ0n) is 19.0. The molecule has 1 atom stereocenters. The van der Waals surface area contributed by atoms with Gasteiger partial charge in [-0.25, -0.2) is 8.42 Å². The molecule has 0 radical (unpaired) electrons. The van der Waals surface area contributed by atoms with Crippen LogP contribution in [0.1, 0.15) is 12.0 Å². The Morgan fingerprint density at radius 3 is 2.46 bits per heavy atom. The molecule has 2 aromatic rings. The number of guanidine groups is 1. The summed E-state index contributed by atoms with van der Waals surface area (Å²) < 4.78 is 69.0. The Morgan fingerprint density at radius 2 is 1.77 bits per heavy atom. The SMILES string of the molecule is Cc1c(OCCCON=C(N)N)cccc1OS(=O)(=O)c1ccccc1S(=O)(=O)C1CNCCO1. The van der Waals surface area contributed by atoms with Crippen LogP contribution in [-0.4, -0.2) is 61.1 Å². The number of ether oxygens (including phenoxy) is 2. The Morgan fingerprint density at radius 1 is 1.06 bits per heavy atom. The standard InChI is InChI=1S/C21H28N4O8S2/c1-15-16(30-11-5-12-32-25-21(22)23)6-4-7-17(15)33-35(28,29)19-9-3-2-8-18(19)34(26,27)20-14-24-10-13-31-20/h2-4,6-9,20,24H,5,10-14H2,1H3,(H4,22,23,25). The maximum atomic E-state index is 13.2. The second-order valence-electron chi connectivity index (χ2n) is 7.46. The molecule has 1 aliphatic rings. The second kappa shape index (κ2) is 11.6. The predicted molar refractivity (Wildman–Crippen MR) is 127 cm³/mol. The van der Waals surface area contributed by atoms with Crippen LogP contribution in [-0.2, 0) is 29.5 Å². The Balaban J connectivity index is 1.78. The van der Waals surface area contributed by atoms with Gasteiger partial charge in [0.05, 0.1) is 18.1 Å². The van der Waals surface area contributed by atoms with Crippen molar-refractivity contribution in [2.75, 3.05) is 32.9 Å². The van der Waals surface area contributed by atoms with E-state index in [1.54, 1.807) is 19.1 Å². The van der Waals surface area contributed by atoms with E-state index in [1.165, 1.54) is 30.3 Å². The first-order valence-electron chi connectivity index (χ1n) is 10.7. The summed E-state index contributed by atoms with van der Waals surface area (Å²) in [4.78, 5) is 4.01. The fourth-order valence-electron chi connectivity index (χ4n) is 3.20. The van der Waals surface area contributed by atoms with Crippen molar-refractivity contribution in [2.24, 2.45) is 16.6 Å². The Bertz CT molecular complexity index is 1260. The third kappa shape index (κ3) is 6.75. The van der Waals surface area contributed by atoms with Crippen LogP contribution in [0.2, 0.25) is 0 Å². The number of benzene rings is 2. The molecule has 1 aliphatic heterocycles. The van der Waals surface area contributed by atoms with E-state index in [0.29, 0.717) is 24.3 Å². The van der Waals surface area contributed by atoms with Gasteiger partial charge in [-0.3, -0.25) is 0 Å². The lowest BCUT2D eigenvalue weighted by molar-refractivity contribution is 0.0784. The van der Waals surface area contributed by atoms with E-state index < -0.39 is 30.3 Å². The van der Waals surface area contributed by atoms with Gasteiger partial charge in [0.15, 0.2) is 5.44 Å². The Kier molecular flexibility index (Phi) is 8.77. The Labute approximate surface area is 204 Å². The van der Waals surface area contributed by atoms with Gasteiger partial charge in [0.2, 0.25) is 15.8 Å². The number of nitrogens with zero attached hydrogens (tertiary/aromatic N) is 1. The van der Waals surface area contributed by atoms with Gasteiger partial charge in [-0.2, -0.15) is 8.42 Å². The number of oxime groups is 1. The van der Waals surface area contributed by atoms with Gasteiger partial charge in [-0.1, -0.05) is 18.2 Å². The van der Waals surface area contributed by atoms with Crippen LogP contribution in [0, 0.1) is 6.92 Å². The highest BCUT2D eigenvalue weighted by Gasteiger charge is 2.35. The molecule has 2 aromatic carbocycles. The fraction of sp³-hybridized carbons (Fsp3) is 0.381. The maximum Gasteiger partial charge on any atom is 0.340 e. The number of hydrogen-bond donors (Lipinski definition) is 3. The minimum Gasteiger partial charge on any atom is -0.493 e. The van der Waals surface area contributed by atoms with Gasteiger partial charge in [0, 0.05) is 25.1 Å². The van der Waals surface area contributed by atoms with Crippen molar-refractivity contribution in [3.63, 3.8) is 0 Å². The molecule has 14 heteroatoms. The summed E-state index contributed by atoms with van der Waals surface area (Å²) in [6, 6.07) is 9.94. The molecular formula is C21H28N4O8S2. The first-order valence-corrected chi connectivity index (χ1v) is 13.6. The van der Waals surface area contributed by atoms with Crippen LogP contribution in [0.25, 0.3) is 0 Å². The maximum absolute atomic E-state index is 13.2. The van der Waals surface area contributed by atoms with Gasteiger partial charge >= 0.3 is 10.1 Å². The number of morpholine rings is 1. The molecule has 12 nitrogen and oxygen atoms in total. The first kappa shape index (κ1) is 26.5. The van der Waals surface area contributed by atoms with Crippen molar-refractivity contribution in [1.29, 1.82) is 0 Å².